The molecule has 0 aliphatic heterocycles. The van der Waals surface area contributed by atoms with Crippen molar-refractivity contribution < 1.29 is 14.4 Å². The summed E-state index contributed by atoms with van der Waals surface area (Å²) in [6, 6.07) is 0. The predicted octanol–water partition coefficient (Wildman–Crippen LogP) is 1.93. The van der Waals surface area contributed by atoms with Crippen LogP contribution in [-0.4, -0.2) is 21.9 Å². The van der Waals surface area contributed by atoms with Crippen molar-refractivity contribution in [2.75, 3.05) is 6.61 Å². The third-order valence-corrected chi connectivity index (χ3v) is 3.04. The van der Waals surface area contributed by atoms with E-state index in [1.165, 1.54) is 0 Å². The zero-order chi connectivity index (χ0) is 11.6. The van der Waals surface area contributed by atoms with Gasteiger partial charge in [-0.3, -0.25) is 0 Å². The molecular weight excluding hydrogens is 208 g/mol. The van der Waals surface area contributed by atoms with E-state index in [1.807, 2.05) is 6.92 Å². The summed E-state index contributed by atoms with van der Waals surface area (Å²) in [6.07, 6.45) is 3.39. The first kappa shape index (κ1) is 11.5. The van der Waals surface area contributed by atoms with Crippen molar-refractivity contribution in [3.05, 3.63) is 11.7 Å². The van der Waals surface area contributed by atoms with Gasteiger partial charge in [0, 0.05) is 6.61 Å². The molecule has 0 spiro atoms. The Bertz CT molecular complexity index is 343. The van der Waals surface area contributed by atoms with Gasteiger partial charge in [0.05, 0.1) is 0 Å². The van der Waals surface area contributed by atoms with Crippen LogP contribution in [0.2, 0.25) is 0 Å². The zero-order valence-corrected chi connectivity index (χ0v) is 9.77. The van der Waals surface area contributed by atoms with Gasteiger partial charge in [-0.25, -0.2) is 0 Å². The highest BCUT2D eigenvalue weighted by Crippen LogP contribution is 2.40. The van der Waals surface area contributed by atoms with Crippen molar-refractivity contribution in [3.8, 4) is 0 Å². The molecule has 1 aliphatic rings. The number of aromatic nitrogens is 2. The molecule has 1 aromatic rings. The van der Waals surface area contributed by atoms with Gasteiger partial charge in [-0.2, -0.15) is 4.98 Å². The van der Waals surface area contributed by atoms with E-state index in [0.29, 0.717) is 12.4 Å². The summed E-state index contributed by atoms with van der Waals surface area (Å²) in [7, 11) is 0. The number of hydrogen-bond acceptors (Lipinski definition) is 5. The maximum absolute atomic E-state index is 9.36. The van der Waals surface area contributed by atoms with Gasteiger partial charge in [-0.15, -0.1) is 0 Å². The molecule has 1 atom stereocenters. The SMILES string of the molecule is CCOC1(c2noc(C(C)O)n2)CCCC1. The average Bonchev–Trinajstić information content (AvgIpc) is 2.85. The molecule has 0 saturated heterocycles. The van der Waals surface area contributed by atoms with E-state index in [4.69, 9.17) is 9.26 Å². The lowest BCUT2D eigenvalue weighted by atomic mass is 10.0. The molecule has 0 radical (unpaired) electrons. The third kappa shape index (κ3) is 1.97. The summed E-state index contributed by atoms with van der Waals surface area (Å²) < 4.78 is 10.8. The van der Waals surface area contributed by atoms with Crippen LogP contribution in [0, 0.1) is 0 Å². The molecule has 1 aromatic heterocycles. The van der Waals surface area contributed by atoms with Crippen LogP contribution in [0.3, 0.4) is 0 Å². The molecule has 1 saturated carbocycles. The Morgan fingerprint density at radius 1 is 1.50 bits per heavy atom. The second-order valence-corrected chi connectivity index (χ2v) is 4.27. The Hall–Kier alpha value is -0.940. The molecule has 90 valence electrons. The fourth-order valence-corrected chi connectivity index (χ4v) is 2.24. The van der Waals surface area contributed by atoms with Crippen LogP contribution >= 0.6 is 0 Å². The quantitative estimate of drug-likeness (QED) is 0.849. The molecule has 2 rings (SSSR count). The van der Waals surface area contributed by atoms with Crippen LogP contribution in [-0.2, 0) is 10.3 Å². The van der Waals surface area contributed by atoms with E-state index < -0.39 is 6.10 Å². The molecule has 0 amide bonds. The highest BCUT2D eigenvalue weighted by molar-refractivity contribution is 5.05. The molecule has 16 heavy (non-hydrogen) atoms. The number of hydrogen-bond donors (Lipinski definition) is 1. The third-order valence-electron chi connectivity index (χ3n) is 3.04. The van der Waals surface area contributed by atoms with E-state index in [2.05, 4.69) is 10.1 Å². The smallest absolute Gasteiger partial charge is 0.255 e. The summed E-state index contributed by atoms with van der Waals surface area (Å²) in [5.74, 6) is 0.851. The van der Waals surface area contributed by atoms with Crippen molar-refractivity contribution in [2.45, 2.75) is 51.2 Å². The van der Waals surface area contributed by atoms with Crippen molar-refractivity contribution in [1.82, 2.24) is 10.1 Å². The lowest BCUT2D eigenvalue weighted by molar-refractivity contribution is -0.0469. The van der Waals surface area contributed by atoms with Gasteiger partial charge in [0.25, 0.3) is 5.89 Å². The molecule has 0 bridgehead atoms. The van der Waals surface area contributed by atoms with Gasteiger partial charge in [0.2, 0.25) is 5.82 Å². The number of ether oxygens (including phenoxy) is 1. The second kappa shape index (κ2) is 4.51. The largest absolute Gasteiger partial charge is 0.384 e. The van der Waals surface area contributed by atoms with Gasteiger partial charge < -0.3 is 14.4 Å². The summed E-state index contributed by atoms with van der Waals surface area (Å²) in [6.45, 7) is 4.22. The molecule has 0 aromatic carbocycles. The molecule has 1 fully saturated rings. The van der Waals surface area contributed by atoms with Gasteiger partial charge in [-0.05, 0) is 39.5 Å². The molecule has 1 heterocycles. The fraction of sp³-hybridized carbons (Fsp3) is 0.818. The van der Waals surface area contributed by atoms with E-state index in [1.54, 1.807) is 6.92 Å². The van der Waals surface area contributed by atoms with Gasteiger partial charge in [0.15, 0.2) is 0 Å². The summed E-state index contributed by atoms with van der Waals surface area (Å²) in [5, 5.41) is 13.3. The number of rotatable bonds is 4. The highest BCUT2D eigenvalue weighted by atomic mass is 16.5. The fourth-order valence-electron chi connectivity index (χ4n) is 2.24. The zero-order valence-electron chi connectivity index (χ0n) is 9.77. The molecular formula is C11H18N2O3. The Morgan fingerprint density at radius 3 is 2.69 bits per heavy atom. The first-order valence-electron chi connectivity index (χ1n) is 5.84. The number of aliphatic hydroxyl groups excluding tert-OH is 1. The van der Waals surface area contributed by atoms with Crippen molar-refractivity contribution >= 4 is 0 Å². The minimum atomic E-state index is -0.721. The lowest BCUT2D eigenvalue weighted by Gasteiger charge is -2.24. The van der Waals surface area contributed by atoms with Crippen LogP contribution in [0.4, 0.5) is 0 Å². The average molecular weight is 226 g/mol. The summed E-state index contributed by atoms with van der Waals surface area (Å²) in [4.78, 5) is 4.23. The Balaban J connectivity index is 2.24. The molecule has 5 heteroatoms. The Labute approximate surface area is 94.8 Å². The van der Waals surface area contributed by atoms with Crippen LogP contribution in [0.5, 0.6) is 0 Å². The lowest BCUT2D eigenvalue weighted by Crippen LogP contribution is -2.27. The molecule has 5 nitrogen and oxygen atoms in total. The van der Waals surface area contributed by atoms with E-state index >= 15 is 0 Å². The van der Waals surface area contributed by atoms with Crippen molar-refractivity contribution in [3.63, 3.8) is 0 Å². The van der Waals surface area contributed by atoms with Gasteiger partial charge in [-0.1, -0.05) is 5.16 Å². The maximum Gasteiger partial charge on any atom is 0.255 e. The van der Waals surface area contributed by atoms with Crippen LogP contribution < -0.4 is 0 Å². The van der Waals surface area contributed by atoms with Crippen molar-refractivity contribution in [1.29, 1.82) is 0 Å². The first-order chi connectivity index (χ1) is 7.68. The normalized spacial score (nSPS) is 21.2. The summed E-state index contributed by atoms with van der Waals surface area (Å²) in [5.41, 5.74) is -0.384. The van der Waals surface area contributed by atoms with Crippen LogP contribution in [0.15, 0.2) is 4.52 Å². The minimum absolute atomic E-state index is 0.265. The molecule has 1 aliphatic carbocycles. The second-order valence-electron chi connectivity index (χ2n) is 4.27. The number of aliphatic hydroxyl groups is 1. The van der Waals surface area contributed by atoms with E-state index in [-0.39, 0.29) is 11.5 Å². The summed E-state index contributed by atoms with van der Waals surface area (Å²) >= 11 is 0. The number of nitrogens with zero attached hydrogens (tertiary/aromatic N) is 2. The monoisotopic (exact) mass is 226 g/mol. The Morgan fingerprint density at radius 2 is 2.19 bits per heavy atom. The van der Waals surface area contributed by atoms with E-state index in [0.717, 1.165) is 25.7 Å². The minimum Gasteiger partial charge on any atom is -0.384 e. The highest BCUT2D eigenvalue weighted by Gasteiger charge is 2.41. The molecule has 1 unspecified atom stereocenters. The predicted molar refractivity (Wildman–Crippen MR) is 56.7 cm³/mol. The topological polar surface area (TPSA) is 68.4 Å². The first-order valence-corrected chi connectivity index (χ1v) is 5.84. The maximum atomic E-state index is 9.36. The Kier molecular flexibility index (Phi) is 3.25. The standard InChI is InChI=1S/C11H18N2O3/c1-3-15-11(6-4-5-7-11)10-12-9(8(2)14)16-13-10/h8,14H,3-7H2,1-2H3. The van der Waals surface area contributed by atoms with Crippen LogP contribution in [0.25, 0.3) is 0 Å². The van der Waals surface area contributed by atoms with E-state index in [9.17, 15) is 5.11 Å². The van der Waals surface area contributed by atoms with Gasteiger partial charge in [0.1, 0.15) is 11.7 Å². The van der Waals surface area contributed by atoms with Crippen LogP contribution in [0.1, 0.15) is 57.3 Å². The van der Waals surface area contributed by atoms with Gasteiger partial charge >= 0.3 is 0 Å². The molecule has 1 N–H and O–H groups in total. The van der Waals surface area contributed by atoms with Crippen molar-refractivity contribution in [2.24, 2.45) is 0 Å².